The van der Waals surface area contributed by atoms with Crippen LogP contribution in [0.1, 0.15) is 32.8 Å². The molecule has 0 spiro atoms. The predicted octanol–water partition coefficient (Wildman–Crippen LogP) is -1.65. The molecule has 4 N–H and O–H groups in total. The largest absolute Gasteiger partial charge is 0.395 e. The minimum Gasteiger partial charge on any atom is -0.395 e. The maximum atomic E-state index is 12.0. The van der Waals surface area contributed by atoms with E-state index < -0.39 is 17.9 Å². The molecule has 10 heteroatoms. The maximum absolute atomic E-state index is 12.0. The molecule has 1 saturated heterocycles. The summed E-state index contributed by atoms with van der Waals surface area (Å²) < 4.78 is 1.33. The maximum Gasteiger partial charge on any atom is 0.274 e. The Balaban J connectivity index is 2.38. The Kier molecular flexibility index (Phi) is 4.80. The second kappa shape index (κ2) is 6.41. The van der Waals surface area contributed by atoms with Gasteiger partial charge in [0.25, 0.3) is 11.8 Å². The van der Waals surface area contributed by atoms with E-state index in [2.05, 4.69) is 20.9 Å². The lowest BCUT2D eigenvalue weighted by Gasteiger charge is -2.12. The first kappa shape index (κ1) is 15.7. The SMILES string of the molecule is CNC(=O)c1nnn([C@H]2C[C@H](O)[C@@H](CO)S2)c1C(=O)NC. The lowest BCUT2D eigenvalue weighted by atomic mass is 10.2. The quantitative estimate of drug-likeness (QED) is 0.524. The van der Waals surface area contributed by atoms with Crippen LogP contribution in [0.3, 0.4) is 0 Å². The molecule has 0 aromatic carbocycles. The van der Waals surface area contributed by atoms with Crippen LogP contribution in [0.15, 0.2) is 0 Å². The number of carbonyl (C=O) groups is 2. The van der Waals surface area contributed by atoms with Crippen LogP contribution >= 0.6 is 11.8 Å². The smallest absolute Gasteiger partial charge is 0.274 e. The van der Waals surface area contributed by atoms with Gasteiger partial charge in [-0.25, -0.2) is 4.68 Å². The molecule has 0 unspecified atom stereocenters. The molecule has 9 nitrogen and oxygen atoms in total. The normalized spacial score (nSPS) is 24.9. The zero-order valence-corrected chi connectivity index (χ0v) is 12.4. The number of carbonyl (C=O) groups excluding carboxylic acids is 2. The van der Waals surface area contributed by atoms with E-state index in [0.717, 1.165) is 0 Å². The van der Waals surface area contributed by atoms with Gasteiger partial charge in [-0.15, -0.1) is 16.9 Å². The number of hydrogen-bond acceptors (Lipinski definition) is 7. The van der Waals surface area contributed by atoms with Gasteiger partial charge in [-0.05, 0) is 0 Å². The van der Waals surface area contributed by atoms with Crippen LogP contribution < -0.4 is 10.6 Å². The number of aliphatic hydroxyl groups is 2. The van der Waals surface area contributed by atoms with E-state index in [1.54, 1.807) is 0 Å². The Morgan fingerprint density at radius 3 is 2.57 bits per heavy atom. The van der Waals surface area contributed by atoms with E-state index in [1.807, 2.05) is 0 Å². The summed E-state index contributed by atoms with van der Waals surface area (Å²) in [7, 11) is 2.88. The van der Waals surface area contributed by atoms with Gasteiger partial charge in [0.2, 0.25) is 0 Å². The molecule has 1 aliphatic heterocycles. The highest BCUT2D eigenvalue weighted by Crippen LogP contribution is 2.41. The fourth-order valence-corrected chi connectivity index (χ4v) is 3.48. The number of amides is 2. The van der Waals surface area contributed by atoms with Crippen molar-refractivity contribution in [3.05, 3.63) is 11.4 Å². The third-order valence-electron chi connectivity index (χ3n) is 3.24. The number of thioether (sulfide) groups is 1. The standard InChI is InChI=1S/C11H17N5O4S/c1-12-10(19)8-9(11(20)13-2)16(15-14-8)7-3-5(18)6(4-17)21-7/h5-7,17-18H,3-4H2,1-2H3,(H,12,19)(H,13,20)/t5-,6+,7+/m0/s1. The highest BCUT2D eigenvalue weighted by Gasteiger charge is 2.38. The first-order valence-electron chi connectivity index (χ1n) is 6.37. The zero-order chi connectivity index (χ0) is 15.6. The van der Waals surface area contributed by atoms with Crippen molar-refractivity contribution in [1.29, 1.82) is 0 Å². The highest BCUT2D eigenvalue weighted by atomic mass is 32.2. The third kappa shape index (κ3) is 2.87. The van der Waals surface area contributed by atoms with Gasteiger partial charge in [0.15, 0.2) is 11.4 Å². The number of rotatable bonds is 4. The van der Waals surface area contributed by atoms with E-state index in [0.29, 0.717) is 6.42 Å². The van der Waals surface area contributed by atoms with Crippen molar-refractivity contribution in [3.63, 3.8) is 0 Å². The number of aromatic nitrogens is 3. The molecule has 0 aliphatic carbocycles. The van der Waals surface area contributed by atoms with Gasteiger partial charge in [0.1, 0.15) is 5.37 Å². The Labute approximate surface area is 125 Å². The van der Waals surface area contributed by atoms with Gasteiger partial charge in [-0.2, -0.15) is 0 Å². The van der Waals surface area contributed by atoms with Crippen LogP contribution in [0.4, 0.5) is 0 Å². The Morgan fingerprint density at radius 2 is 2.05 bits per heavy atom. The summed E-state index contributed by atoms with van der Waals surface area (Å²) in [4.78, 5) is 23.8. The summed E-state index contributed by atoms with van der Waals surface area (Å²) in [6.45, 7) is -0.172. The molecular formula is C11H17N5O4S. The van der Waals surface area contributed by atoms with Crippen LogP contribution in [0.2, 0.25) is 0 Å². The number of aliphatic hydroxyl groups excluding tert-OH is 2. The van der Waals surface area contributed by atoms with Gasteiger partial charge in [0, 0.05) is 20.5 Å². The second-order valence-electron chi connectivity index (χ2n) is 4.50. The van der Waals surface area contributed by atoms with Crippen molar-refractivity contribution >= 4 is 23.6 Å². The molecule has 1 fully saturated rings. The Bertz CT molecular complexity index is 549. The first-order chi connectivity index (χ1) is 10.0. The molecule has 2 rings (SSSR count). The number of nitrogens with zero attached hydrogens (tertiary/aromatic N) is 3. The molecule has 1 aromatic rings. The summed E-state index contributed by atoms with van der Waals surface area (Å²) in [5.74, 6) is -0.997. The molecular weight excluding hydrogens is 298 g/mol. The molecule has 0 radical (unpaired) electrons. The van der Waals surface area contributed by atoms with Gasteiger partial charge in [-0.3, -0.25) is 9.59 Å². The van der Waals surface area contributed by atoms with E-state index >= 15 is 0 Å². The number of hydrogen-bond donors (Lipinski definition) is 4. The van der Waals surface area contributed by atoms with Crippen LogP contribution in [0, 0.1) is 0 Å². The summed E-state index contributed by atoms with van der Waals surface area (Å²) in [6.07, 6.45) is -0.383. The summed E-state index contributed by atoms with van der Waals surface area (Å²) in [6, 6.07) is 0. The van der Waals surface area contributed by atoms with Crippen molar-refractivity contribution in [2.45, 2.75) is 23.1 Å². The van der Waals surface area contributed by atoms with Gasteiger partial charge in [0.05, 0.1) is 18.0 Å². The van der Waals surface area contributed by atoms with Gasteiger partial charge >= 0.3 is 0 Å². The average molecular weight is 315 g/mol. The fourth-order valence-electron chi connectivity index (χ4n) is 2.12. The zero-order valence-electron chi connectivity index (χ0n) is 11.6. The van der Waals surface area contributed by atoms with Crippen molar-refractivity contribution < 1.29 is 19.8 Å². The predicted molar refractivity (Wildman–Crippen MR) is 74.9 cm³/mol. The van der Waals surface area contributed by atoms with E-state index in [-0.39, 0.29) is 28.6 Å². The lowest BCUT2D eigenvalue weighted by molar-refractivity contribution is 0.0918. The molecule has 1 aliphatic rings. The van der Waals surface area contributed by atoms with Crippen molar-refractivity contribution in [3.8, 4) is 0 Å². The lowest BCUT2D eigenvalue weighted by Crippen LogP contribution is -2.28. The second-order valence-corrected chi connectivity index (χ2v) is 5.93. The van der Waals surface area contributed by atoms with E-state index in [9.17, 15) is 19.8 Å². The average Bonchev–Trinajstić information content (AvgIpc) is 3.08. The Morgan fingerprint density at radius 1 is 1.38 bits per heavy atom. The van der Waals surface area contributed by atoms with Crippen molar-refractivity contribution in [2.75, 3.05) is 20.7 Å². The first-order valence-corrected chi connectivity index (χ1v) is 7.31. The minimum absolute atomic E-state index is 0.0418. The number of nitrogens with one attached hydrogen (secondary N) is 2. The molecule has 2 heterocycles. The van der Waals surface area contributed by atoms with Crippen LogP contribution in [-0.2, 0) is 0 Å². The van der Waals surface area contributed by atoms with Crippen LogP contribution in [-0.4, -0.2) is 69.1 Å². The minimum atomic E-state index is -0.699. The third-order valence-corrected chi connectivity index (χ3v) is 4.75. The van der Waals surface area contributed by atoms with Gasteiger partial charge < -0.3 is 20.8 Å². The highest BCUT2D eigenvalue weighted by molar-refractivity contribution is 8.00. The van der Waals surface area contributed by atoms with Crippen LogP contribution in [0.5, 0.6) is 0 Å². The summed E-state index contributed by atoms with van der Waals surface area (Å²) in [5.41, 5.74) is -0.0282. The van der Waals surface area contributed by atoms with Crippen molar-refractivity contribution in [1.82, 2.24) is 25.6 Å². The van der Waals surface area contributed by atoms with Crippen LogP contribution in [0.25, 0.3) is 0 Å². The monoisotopic (exact) mass is 315 g/mol. The van der Waals surface area contributed by atoms with E-state index in [4.69, 9.17) is 0 Å². The topological polar surface area (TPSA) is 129 Å². The van der Waals surface area contributed by atoms with Crippen molar-refractivity contribution in [2.24, 2.45) is 0 Å². The molecule has 0 saturated carbocycles. The molecule has 2 amide bonds. The van der Waals surface area contributed by atoms with Gasteiger partial charge in [-0.1, -0.05) is 5.21 Å². The molecule has 1 aromatic heterocycles. The summed E-state index contributed by atoms with van der Waals surface area (Å²) in [5, 5.41) is 30.8. The molecule has 21 heavy (non-hydrogen) atoms. The summed E-state index contributed by atoms with van der Waals surface area (Å²) >= 11 is 1.30. The molecule has 3 atom stereocenters. The molecule has 0 bridgehead atoms. The Hall–Kier alpha value is -1.65. The van der Waals surface area contributed by atoms with E-state index in [1.165, 1.54) is 30.5 Å². The molecule has 116 valence electrons. The fraction of sp³-hybridized carbons (Fsp3) is 0.636.